The van der Waals surface area contributed by atoms with Gasteiger partial charge in [0.05, 0.1) is 0 Å². The van der Waals surface area contributed by atoms with Crippen molar-refractivity contribution in [2.24, 2.45) is 0 Å². The maximum Gasteiger partial charge on any atom is 0.320 e. The largest absolute Gasteiger partial charge is 0.463 e. The monoisotopic (exact) mass is 249 g/mol. The second kappa shape index (κ2) is 8.38. The molecule has 0 aliphatic rings. The fourth-order valence-electron chi connectivity index (χ4n) is 0.955. The zero-order valence-electron chi connectivity index (χ0n) is 8.11. The molecule has 1 aromatic carbocycles. The molecule has 0 unspecified atom stereocenters. The Kier molecular flexibility index (Phi) is 7.86. The van der Waals surface area contributed by atoms with Crippen LogP contribution in [0.15, 0.2) is 30.3 Å². The number of esters is 1. The van der Waals surface area contributed by atoms with E-state index in [9.17, 15) is 4.79 Å². The molecule has 84 valence electrons. The Labute approximate surface area is 100 Å². The molecule has 0 spiro atoms. The minimum absolute atomic E-state index is 0. The minimum Gasteiger partial charge on any atom is -0.463 e. The lowest BCUT2D eigenvalue weighted by Gasteiger charge is -2.05. The number of nitrogens with one attached hydrogen (secondary N) is 1. The van der Waals surface area contributed by atoms with Gasteiger partial charge in [0.25, 0.3) is 0 Å². The van der Waals surface area contributed by atoms with Gasteiger partial charge in [-0.1, -0.05) is 18.2 Å². The zero-order chi connectivity index (χ0) is 10.2. The topological polar surface area (TPSA) is 38.3 Å². The van der Waals surface area contributed by atoms with Crippen molar-refractivity contribution in [2.75, 3.05) is 24.3 Å². The summed E-state index contributed by atoms with van der Waals surface area (Å²) in [6.45, 7) is 0.924. The molecule has 0 heterocycles. The van der Waals surface area contributed by atoms with E-state index in [1.807, 2.05) is 30.3 Å². The van der Waals surface area contributed by atoms with Crippen LogP contribution in [0.2, 0.25) is 0 Å². The van der Waals surface area contributed by atoms with Gasteiger partial charge < -0.3 is 10.1 Å². The van der Waals surface area contributed by atoms with Gasteiger partial charge in [-0.2, -0.15) is 0 Å². The van der Waals surface area contributed by atoms with E-state index in [0.29, 0.717) is 13.2 Å². The summed E-state index contributed by atoms with van der Waals surface area (Å²) in [4.78, 5) is 10.6. The lowest BCUT2D eigenvalue weighted by atomic mass is 10.3. The molecule has 0 aliphatic carbocycles. The van der Waals surface area contributed by atoms with Crippen molar-refractivity contribution < 1.29 is 9.53 Å². The molecule has 0 fully saturated rings. The van der Waals surface area contributed by atoms with Gasteiger partial charge in [0, 0.05) is 12.2 Å². The van der Waals surface area contributed by atoms with Crippen molar-refractivity contribution in [3.05, 3.63) is 30.3 Å². The van der Waals surface area contributed by atoms with Gasteiger partial charge in [-0.15, -0.1) is 24.0 Å². The molecule has 0 amide bonds. The number of para-hydroxylation sites is 1. The second-order valence-corrected chi connectivity index (χ2v) is 2.91. The third-order valence-electron chi connectivity index (χ3n) is 1.58. The summed E-state index contributed by atoms with van der Waals surface area (Å²) < 4.78 is 4.78. The molecule has 0 atom stereocenters. The number of alkyl halides is 1. The average Bonchev–Trinajstić information content (AvgIpc) is 2.25. The smallest absolute Gasteiger partial charge is 0.320 e. The van der Waals surface area contributed by atoms with E-state index >= 15 is 0 Å². The lowest BCUT2D eigenvalue weighted by molar-refractivity contribution is -0.140. The second-order valence-electron chi connectivity index (χ2n) is 2.65. The van der Waals surface area contributed by atoms with E-state index in [1.165, 1.54) is 0 Å². The third-order valence-corrected chi connectivity index (χ3v) is 1.80. The number of carbonyl (C=O) groups excluding carboxylic acids is 1. The van der Waals surface area contributed by atoms with Crippen LogP contribution in [-0.2, 0) is 9.53 Å². The molecular formula is C10H13Cl2NO2. The predicted molar refractivity (Wildman–Crippen MR) is 63.9 cm³/mol. The Balaban J connectivity index is 0.00000196. The first-order chi connectivity index (χ1) is 6.83. The summed E-state index contributed by atoms with van der Waals surface area (Å²) in [5.41, 5.74) is 1.01. The maximum absolute atomic E-state index is 10.6. The Bertz CT molecular complexity index is 280. The molecule has 0 bridgehead atoms. The Morgan fingerprint density at radius 3 is 2.60 bits per heavy atom. The molecule has 0 saturated carbocycles. The summed E-state index contributed by atoms with van der Waals surface area (Å²) >= 11 is 5.25. The van der Waals surface area contributed by atoms with Crippen LogP contribution in [0.5, 0.6) is 0 Å². The molecule has 3 nitrogen and oxygen atoms in total. The Morgan fingerprint density at radius 2 is 2.00 bits per heavy atom. The average molecular weight is 250 g/mol. The number of carbonyl (C=O) groups is 1. The van der Waals surface area contributed by atoms with Crippen molar-refractivity contribution in [1.29, 1.82) is 0 Å². The van der Waals surface area contributed by atoms with E-state index in [4.69, 9.17) is 16.3 Å². The molecule has 1 rings (SSSR count). The first-order valence-corrected chi connectivity index (χ1v) is 4.87. The van der Waals surface area contributed by atoms with Crippen LogP contribution in [0.4, 0.5) is 5.69 Å². The first-order valence-electron chi connectivity index (χ1n) is 4.33. The van der Waals surface area contributed by atoms with Crippen LogP contribution in [0, 0.1) is 0 Å². The third kappa shape index (κ3) is 6.20. The van der Waals surface area contributed by atoms with Gasteiger partial charge in [-0.05, 0) is 12.1 Å². The first kappa shape index (κ1) is 14.1. The molecule has 0 aromatic heterocycles. The van der Waals surface area contributed by atoms with Crippen LogP contribution < -0.4 is 5.32 Å². The number of anilines is 1. The van der Waals surface area contributed by atoms with Crippen LogP contribution >= 0.6 is 24.0 Å². The van der Waals surface area contributed by atoms with E-state index < -0.39 is 0 Å². The fraction of sp³-hybridized carbons (Fsp3) is 0.300. The number of rotatable bonds is 5. The van der Waals surface area contributed by atoms with E-state index in [2.05, 4.69) is 5.32 Å². The highest BCUT2D eigenvalue weighted by Crippen LogP contribution is 2.03. The number of halogens is 2. The fourth-order valence-corrected chi connectivity index (χ4v) is 1.03. The van der Waals surface area contributed by atoms with Gasteiger partial charge >= 0.3 is 5.97 Å². The number of ether oxygens (including phenoxy) is 1. The molecule has 1 aromatic rings. The quantitative estimate of drug-likeness (QED) is 0.495. The summed E-state index contributed by atoms with van der Waals surface area (Å²) in [6, 6.07) is 9.71. The Hall–Kier alpha value is -0.930. The summed E-state index contributed by atoms with van der Waals surface area (Å²) in [7, 11) is 0. The maximum atomic E-state index is 10.6. The van der Waals surface area contributed by atoms with Gasteiger partial charge in [-0.25, -0.2) is 0 Å². The van der Waals surface area contributed by atoms with Crippen molar-refractivity contribution in [3.63, 3.8) is 0 Å². The molecule has 1 N–H and O–H groups in total. The molecule has 0 radical (unpaired) electrons. The lowest BCUT2D eigenvalue weighted by Crippen LogP contribution is -2.14. The highest BCUT2D eigenvalue weighted by molar-refractivity contribution is 6.26. The van der Waals surface area contributed by atoms with Crippen LogP contribution in [-0.4, -0.2) is 25.0 Å². The van der Waals surface area contributed by atoms with E-state index in [-0.39, 0.29) is 24.3 Å². The molecular weight excluding hydrogens is 237 g/mol. The Morgan fingerprint density at radius 1 is 1.33 bits per heavy atom. The highest BCUT2D eigenvalue weighted by Gasteiger charge is 1.97. The van der Waals surface area contributed by atoms with Crippen molar-refractivity contribution in [2.45, 2.75) is 0 Å². The molecule has 0 saturated heterocycles. The summed E-state index contributed by atoms with van der Waals surface area (Å²) in [6.07, 6.45) is 0. The van der Waals surface area contributed by atoms with Crippen molar-refractivity contribution in [3.8, 4) is 0 Å². The van der Waals surface area contributed by atoms with Crippen LogP contribution in [0.1, 0.15) is 0 Å². The number of hydrogen-bond donors (Lipinski definition) is 1. The molecule has 15 heavy (non-hydrogen) atoms. The zero-order valence-corrected chi connectivity index (χ0v) is 9.68. The van der Waals surface area contributed by atoms with Gasteiger partial charge in [0.1, 0.15) is 12.5 Å². The van der Waals surface area contributed by atoms with Gasteiger partial charge in [-0.3, -0.25) is 4.79 Å². The van der Waals surface area contributed by atoms with Crippen molar-refractivity contribution in [1.82, 2.24) is 0 Å². The van der Waals surface area contributed by atoms with Crippen LogP contribution in [0.25, 0.3) is 0 Å². The van der Waals surface area contributed by atoms with Crippen LogP contribution in [0.3, 0.4) is 0 Å². The number of benzene rings is 1. The highest BCUT2D eigenvalue weighted by atomic mass is 35.5. The summed E-state index contributed by atoms with van der Waals surface area (Å²) in [5.74, 6) is -0.479. The van der Waals surface area contributed by atoms with Gasteiger partial charge in [0.15, 0.2) is 0 Å². The summed E-state index contributed by atoms with van der Waals surface area (Å²) in [5, 5.41) is 3.10. The normalized spacial score (nSPS) is 8.87. The number of hydrogen-bond acceptors (Lipinski definition) is 3. The SMILES string of the molecule is Cl.O=C(CCl)OCCNc1ccccc1. The molecule has 0 aliphatic heterocycles. The van der Waals surface area contributed by atoms with E-state index in [1.54, 1.807) is 0 Å². The predicted octanol–water partition coefficient (Wildman–Crippen LogP) is 2.30. The standard InChI is InChI=1S/C10H12ClNO2.ClH/c11-8-10(13)14-7-6-12-9-4-2-1-3-5-9;/h1-5,12H,6-8H2;1H. The molecule has 5 heteroatoms. The van der Waals surface area contributed by atoms with Crippen molar-refractivity contribution >= 4 is 35.7 Å². The van der Waals surface area contributed by atoms with Gasteiger partial charge in [0.2, 0.25) is 0 Å². The minimum atomic E-state index is -0.387. The van der Waals surface area contributed by atoms with E-state index in [0.717, 1.165) is 5.69 Å².